The van der Waals surface area contributed by atoms with E-state index in [1.165, 1.54) is 0 Å². The molecular formula is C10H8Cl2N2. The lowest BCUT2D eigenvalue weighted by Crippen LogP contribution is -2.02. The molecule has 0 atom stereocenters. The minimum atomic E-state index is 0.413. The summed E-state index contributed by atoms with van der Waals surface area (Å²) in [7, 11) is 0. The first-order chi connectivity index (χ1) is 6.65. The third-order valence-electron chi connectivity index (χ3n) is 1.60. The quantitative estimate of drug-likeness (QED) is 0.859. The topological polar surface area (TPSA) is 35.8 Å². The van der Waals surface area contributed by atoms with Crippen LogP contribution in [0.4, 0.5) is 5.69 Å². The summed E-state index contributed by atoms with van der Waals surface area (Å²) in [6.45, 7) is 3.95. The summed E-state index contributed by atoms with van der Waals surface area (Å²) in [5.74, 6) is 0. The maximum Gasteiger partial charge on any atom is 0.103 e. The summed E-state index contributed by atoms with van der Waals surface area (Å²) in [6, 6.07) is 7.22. The van der Waals surface area contributed by atoms with Crippen molar-refractivity contribution in [2.45, 2.75) is 0 Å². The van der Waals surface area contributed by atoms with Crippen LogP contribution < -0.4 is 5.32 Å². The van der Waals surface area contributed by atoms with E-state index in [2.05, 4.69) is 11.9 Å². The van der Waals surface area contributed by atoms with E-state index in [-0.39, 0.29) is 0 Å². The van der Waals surface area contributed by atoms with Gasteiger partial charge in [0, 0.05) is 5.03 Å². The first-order valence-electron chi connectivity index (χ1n) is 3.91. The minimum Gasteiger partial charge on any atom is -0.379 e. The summed E-state index contributed by atoms with van der Waals surface area (Å²) in [5, 5.41) is 12.7. The van der Waals surface area contributed by atoms with Crippen molar-refractivity contribution in [1.82, 2.24) is 0 Å². The van der Waals surface area contributed by atoms with Crippen LogP contribution in [0, 0.1) is 11.3 Å². The molecule has 4 heteroatoms. The van der Waals surface area contributed by atoms with E-state index in [1.807, 2.05) is 6.07 Å². The van der Waals surface area contributed by atoms with Crippen LogP contribution in [0.15, 0.2) is 29.8 Å². The third-order valence-corrected chi connectivity index (χ3v) is 2.04. The van der Waals surface area contributed by atoms with Gasteiger partial charge >= 0.3 is 0 Å². The van der Waals surface area contributed by atoms with E-state index in [9.17, 15) is 0 Å². The lowest BCUT2D eigenvalue weighted by molar-refractivity contribution is 1.30. The molecule has 72 valence electrons. The van der Waals surface area contributed by atoms with Gasteiger partial charge in [0.1, 0.15) is 6.07 Å². The average molecular weight is 227 g/mol. The number of nitrogens with zero attached hydrogens (tertiary/aromatic N) is 1. The van der Waals surface area contributed by atoms with Crippen LogP contribution in [0.2, 0.25) is 5.02 Å². The highest BCUT2D eigenvalue weighted by Gasteiger charge is 2.05. The number of hydrogen-bond donors (Lipinski definition) is 1. The van der Waals surface area contributed by atoms with E-state index in [0.29, 0.717) is 27.9 Å². The highest BCUT2D eigenvalue weighted by molar-refractivity contribution is 6.32. The number of nitrogens with one attached hydrogen (secondary N) is 1. The molecule has 0 amide bonds. The number of rotatable bonds is 3. The Morgan fingerprint density at radius 3 is 2.86 bits per heavy atom. The summed E-state index contributed by atoms with van der Waals surface area (Å²) in [4.78, 5) is 0. The maximum absolute atomic E-state index is 8.83. The molecule has 0 saturated heterocycles. The zero-order valence-corrected chi connectivity index (χ0v) is 8.86. The molecule has 14 heavy (non-hydrogen) atoms. The zero-order valence-electron chi connectivity index (χ0n) is 7.35. The fraction of sp³-hybridized carbons (Fsp3) is 0.100. The number of benzene rings is 1. The molecule has 1 N–H and O–H groups in total. The Morgan fingerprint density at radius 1 is 1.57 bits per heavy atom. The first kappa shape index (κ1) is 10.9. The van der Waals surface area contributed by atoms with Crippen LogP contribution in [0.5, 0.6) is 0 Å². The van der Waals surface area contributed by atoms with Crippen LogP contribution in [-0.4, -0.2) is 6.54 Å². The van der Waals surface area contributed by atoms with Crippen molar-refractivity contribution in [2.24, 2.45) is 0 Å². The first-order valence-corrected chi connectivity index (χ1v) is 4.66. The zero-order chi connectivity index (χ0) is 10.6. The fourth-order valence-corrected chi connectivity index (χ4v) is 1.26. The normalized spacial score (nSPS) is 9.21. The lowest BCUT2D eigenvalue weighted by Gasteiger charge is -2.07. The van der Waals surface area contributed by atoms with Crippen molar-refractivity contribution in [1.29, 1.82) is 5.26 Å². The molecule has 2 nitrogen and oxygen atoms in total. The monoisotopic (exact) mass is 226 g/mol. The molecule has 0 bridgehead atoms. The van der Waals surface area contributed by atoms with Gasteiger partial charge in [-0.25, -0.2) is 0 Å². The van der Waals surface area contributed by atoms with Gasteiger partial charge in [0.15, 0.2) is 0 Å². The van der Waals surface area contributed by atoms with E-state index in [1.54, 1.807) is 18.2 Å². The SMILES string of the molecule is C=C(Cl)CNc1cccc(Cl)c1C#N. The van der Waals surface area contributed by atoms with Gasteiger partial charge in [-0.3, -0.25) is 0 Å². The van der Waals surface area contributed by atoms with E-state index in [0.717, 1.165) is 0 Å². The largest absolute Gasteiger partial charge is 0.379 e. The lowest BCUT2D eigenvalue weighted by atomic mass is 10.2. The molecule has 0 aliphatic rings. The molecule has 0 aromatic heterocycles. The van der Waals surface area contributed by atoms with Crippen LogP contribution in [0.25, 0.3) is 0 Å². The van der Waals surface area contributed by atoms with Crippen molar-refractivity contribution in [3.8, 4) is 6.07 Å². The van der Waals surface area contributed by atoms with Crippen molar-refractivity contribution in [2.75, 3.05) is 11.9 Å². The molecule has 0 aliphatic heterocycles. The van der Waals surface area contributed by atoms with Gasteiger partial charge in [0.2, 0.25) is 0 Å². The van der Waals surface area contributed by atoms with Crippen molar-refractivity contribution >= 4 is 28.9 Å². The molecule has 0 unspecified atom stereocenters. The van der Waals surface area contributed by atoms with Gasteiger partial charge in [-0.05, 0) is 12.1 Å². The maximum atomic E-state index is 8.83. The standard InChI is InChI=1S/C10H8Cl2N2/c1-7(11)6-14-10-4-2-3-9(12)8(10)5-13/h2-4,14H,1,6H2. The highest BCUT2D eigenvalue weighted by Crippen LogP contribution is 2.23. The van der Waals surface area contributed by atoms with E-state index < -0.39 is 0 Å². The van der Waals surface area contributed by atoms with E-state index >= 15 is 0 Å². The Morgan fingerprint density at radius 2 is 2.29 bits per heavy atom. The Bertz CT molecular complexity index is 394. The molecule has 1 rings (SSSR count). The van der Waals surface area contributed by atoms with Crippen molar-refractivity contribution < 1.29 is 0 Å². The molecule has 0 saturated carbocycles. The Balaban J connectivity index is 2.92. The summed E-state index contributed by atoms with van der Waals surface area (Å²) >= 11 is 11.4. The van der Waals surface area contributed by atoms with E-state index in [4.69, 9.17) is 28.5 Å². The fourth-order valence-electron chi connectivity index (χ4n) is 0.976. The van der Waals surface area contributed by atoms with Crippen LogP contribution in [0.3, 0.4) is 0 Å². The molecular weight excluding hydrogens is 219 g/mol. The number of anilines is 1. The smallest absolute Gasteiger partial charge is 0.103 e. The van der Waals surface area contributed by atoms with Gasteiger partial charge in [-0.15, -0.1) is 0 Å². The predicted molar refractivity (Wildman–Crippen MR) is 59.6 cm³/mol. The van der Waals surface area contributed by atoms with Gasteiger partial charge in [0.05, 0.1) is 22.8 Å². The van der Waals surface area contributed by atoms with Gasteiger partial charge in [-0.1, -0.05) is 35.8 Å². The second kappa shape index (κ2) is 4.90. The molecule has 0 fully saturated rings. The van der Waals surface area contributed by atoms with Crippen LogP contribution in [-0.2, 0) is 0 Å². The van der Waals surface area contributed by atoms with Crippen LogP contribution in [0.1, 0.15) is 5.56 Å². The number of nitriles is 1. The average Bonchev–Trinajstić information content (AvgIpc) is 2.14. The molecule has 1 aromatic rings. The second-order valence-corrected chi connectivity index (χ2v) is 3.59. The Kier molecular flexibility index (Phi) is 3.82. The molecule has 0 aliphatic carbocycles. The van der Waals surface area contributed by atoms with Gasteiger partial charge in [-0.2, -0.15) is 5.26 Å². The van der Waals surface area contributed by atoms with Gasteiger partial charge < -0.3 is 5.32 Å². The highest BCUT2D eigenvalue weighted by atomic mass is 35.5. The Labute approximate surface area is 92.8 Å². The second-order valence-electron chi connectivity index (χ2n) is 2.65. The minimum absolute atomic E-state index is 0.413. The molecule has 0 radical (unpaired) electrons. The Hall–Kier alpha value is -1.17. The van der Waals surface area contributed by atoms with Gasteiger partial charge in [0.25, 0.3) is 0 Å². The molecule has 1 aromatic carbocycles. The number of halogens is 2. The van der Waals surface area contributed by atoms with Crippen molar-refractivity contribution in [3.05, 3.63) is 40.4 Å². The predicted octanol–water partition coefficient (Wildman–Crippen LogP) is 3.38. The summed E-state index contributed by atoms with van der Waals surface area (Å²) < 4.78 is 0. The van der Waals surface area contributed by atoms with Crippen molar-refractivity contribution in [3.63, 3.8) is 0 Å². The third kappa shape index (κ3) is 2.66. The summed E-state index contributed by atoms with van der Waals surface area (Å²) in [5.41, 5.74) is 1.09. The van der Waals surface area contributed by atoms with Crippen LogP contribution >= 0.6 is 23.2 Å². The molecule has 0 spiro atoms. The summed E-state index contributed by atoms with van der Waals surface area (Å²) in [6.07, 6.45) is 0. The molecule has 0 heterocycles. The number of hydrogen-bond acceptors (Lipinski definition) is 2.